The number of hydrogen-bond donors (Lipinski definition) is 1. The highest BCUT2D eigenvalue weighted by atomic mass is 19.1. The summed E-state index contributed by atoms with van der Waals surface area (Å²) in [4.78, 5) is 18.9. The molecular weight excluding hydrogens is 371 g/mol. The average molecular weight is 392 g/mol. The molecule has 0 aliphatic carbocycles. The molecule has 29 heavy (non-hydrogen) atoms. The first-order valence-corrected chi connectivity index (χ1v) is 9.52. The van der Waals surface area contributed by atoms with E-state index in [1.165, 1.54) is 12.1 Å². The highest BCUT2D eigenvalue weighted by Crippen LogP contribution is 2.37. The third-order valence-electron chi connectivity index (χ3n) is 4.92. The molecule has 2 aromatic carbocycles. The number of aromatic nitrogens is 2. The zero-order valence-corrected chi connectivity index (χ0v) is 16.2. The molecule has 1 unspecified atom stereocenters. The lowest BCUT2D eigenvalue weighted by atomic mass is 9.94. The van der Waals surface area contributed by atoms with Crippen molar-refractivity contribution < 1.29 is 13.7 Å². The van der Waals surface area contributed by atoms with Crippen LogP contribution in [0.15, 0.2) is 64.8 Å². The second-order valence-corrected chi connectivity index (χ2v) is 6.88. The quantitative estimate of drug-likeness (QED) is 0.678. The zero-order valence-electron chi connectivity index (χ0n) is 16.2. The fourth-order valence-electron chi connectivity index (χ4n) is 3.52. The van der Waals surface area contributed by atoms with Gasteiger partial charge in [-0.2, -0.15) is 4.98 Å². The van der Waals surface area contributed by atoms with Crippen molar-refractivity contribution in [3.8, 4) is 11.4 Å². The molecular formula is C22H21FN4O2. The molecule has 0 bridgehead atoms. The van der Waals surface area contributed by atoms with Gasteiger partial charge in [0.2, 0.25) is 5.82 Å². The number of amides is 2. The summed E-state index contributed by atoms with van der Waals surface area (Å²) < 4.78 is 19.2. The second kappa shape index (κ2) is 7.87. The highest BCUT2D eigenvalue weighted by Gasteiger charge is 2.35. The van der Waals surface area contributed by atoms with Crippen molar-refractivity contribution in [3.05, 3.63) is 77.6 Å². The Bertz CT molecular complexity index is 1060. The van der Waals surface area contributed by atoms with Gasteiger partial charge in [0, 0.05) is 17.8 Å². The molecule has 7 heteroatoms. The Labute approximate surface area is 168 Å². The van der Waals surface area contributed by atoms with E-state index >= 15 is 0 Å². The van der Waals surface area contributed by atoms with Crippen LogP contribution >= 0.6 is 0 Å². The van der Waals surface area contributed by atoms with E-state index in [4.69, 9.17) is 4.52 Å². The number of hydrogen-bond acceptors (Lipinski definition) is 4. The van der Waals surface area contributed by atoms with E-state index in [-0.39, 0.29) is 11.8 Å². The van der Waals surface area contributed by atoms with E-state index in [0.29, 0.717) is 23.8 Å². The molecule has 0 saturated carbocycles. The van der Waals surface area contributed by atoms with Crippen molar-refractivity contribution in [2.45, 2.75) is 26.3 Å². The van der Waals surface area contributed by atoms with Crippen LogP contribution in [-0.4, -0.2) is 27.6 Å². The number of nitrogens with one attached hydrogen (secondary N) is 1. The standard InChI is InChI=1S/C22H21FN4O2/c1-3-12-27-14(2)18(19(24-22(27)28)15-8-5-4-6-9-15)21-25-20(26-29-21)16-10-7-11-17(23)13-16/h4-11,13,19H,3,12H2,1-2H3,(H,24,28). The molecule has 2 amide bonds. The minimum absolute atomic E-state index is 0.160. The first kappa shape index (κ1) is 18.9. The number of carbonyl (C=O) groups is 1. The number of rotatable bonds is 5. The predicted octanol–water partition coefficient (Wildman–Crippen LogP) is 4.78. The van der Waals surface area contributed by atoms with Gasteiger partial charge in [-0.1, -0.05) is 54.5 Å². The topological polar surface area (TPSA) is 71.3 Å². The van der Waals surface area contributed by atoms with Gasteiger partial charge in [0.1, 0.15) is 5.82 Å². The third kappa shape index (κ3) is 3.63. The normalized spacial score (nSPS) is 16.9. The Balaban J connectivity index is 1.81. The molecule has 4 rings (SSSR count). The lowest BCUT2D eigenvalue weighted by Crippen LogP contribution is -2.46. The number of allylic oxidation sites excluding steroid dienone is 1. The van der Waals surface area contributed by atoms with Crippen LogP contribution in [0.5, 0.6) is 0 Å². The van der Waals surface area contributed by atoms with Crippen molar-refractivity contribution in [2.75, 3.05) is 6.54 Å². The maximum Gasteiger partial charge on any atom is 0.322 e. The molecule has 0 saturated heterocycles. The number of carbonyl (C=O) groups excluding carboxylic acids is 1. The van der Waals surface area contributed by atoms with Crippen molar-refractivity contribution in [1.29, 1.82) is 0 Å². The molecule has 1 aliphatic rings. The minimum Gasteiger partial charge on any atom is -0.334 e. The summed E-state index contributed by atoms with van der Waals surface area (Å²) in [6.45, 7) is 4.47. The van der Waals surface area contributed by atoms with Crippen molar-refractivity contribution in [2.24, 2.45) is 0 Å². The van der Waals surface area contributed by atoms with Gasteiger partial charge in [-0.15, -0.1) is 0 Å². The molecule has 1 aliphatic heterocycles. The molecule has 1 N–H and O–H groups in total. The first-order valence-electron chi connectivity index (χ1n) is 9.52. The maximum absolute atomic E-state index is 13.6. The summed E-state index contributed by atoms with van der Waals surface area (Å²) in [6, 6.07) is 15.1. The summed E-state index contributed by atoms with van der Waals surface area (Å²) in [7, 11) is 0. The van der Waals surface area contributed by atoms with Gasteiger partial charge in [-0.3, -0.25) is 4.90 Å². The fourth-order valence-corrected chi connectivity index (χ4v) is 3.52. The number of benzene rings is 2. The summed E-state index contributed by atoms with van der Waals surface area (Å²) in [5, 5.41) is 7.08. The number of urea groups is 1. The second-order valence-electron chi connectivity index (χ2n) is 6.88. The van der Waals surface area contributed by atoms with Gasteiger partial charge in [0.05, 0.1) is 11.6 Å². The van der Waals surface area contributed by atoms with Crippen LogP contribution in [-0.2, 0) is 0 Å². The number of halogens is 1. The van der Waals surface area contributed by atoms with E-state index in [1.807, 2.05) is 44.2 Å². The molecule has 6 nitrogen and oxygen atoms in total. The average Bonchev–Trinajstić information content (AvgIpc) is 3.21. The summed E-state index contributed by atoms with van der Waals surface area (Å²) in [5.74, 6) is 0.229. The largest absolute Gasteiger partial charge is 0.334 e. The third-order valence-corrected chi connectivity index (χ3v) is 4.92. The Morgan fingerprint density at radius 2 is 1.97 bits per heavy atom. The van der Waals surface area contributed by atoms with Crippen LogP contribution in [0.2, 0.25) is 0 Å². The van der Waals surface area contributed by atoms with Gasteiger partial charge in [0.15, 0.2) is 0 Å². The van der Waals surface area contributed by atoms with Gasteiger partial charge in [-0.25, -0.2) is 9.18 Å². The van der Waals surface area contributed by atoms with Crippen LogP contribution in [0.3, 0.4) is 0 Å². The monoisotopic (exact) mass is 392 g/mol. The van der Waals surface area contributed by atoms with E-state index < -0.39 is 6.04 Å². The van der Waals surface area contributed by atoms with Gasteiger partial charge >= 0.3 is 6.03 Å². The van der Waals surface area contributed by atoms with Gasteiger partial charge in [0.25, 0.3) is 5.89 Å². The first-order chi connectivity index (χ1) is 14.1. The van der Waals surface area contributed by atoms with Crippen molar-refractivity contribution in [1.82, 2.24) is 20.4 Å². The van der Waals surface area contributed by atoms with Crippen molar-refractivity contribution >= 4 is 11.6 Å². The molecule has 148 valence electrons. The Morgan fingerprint density at radius 3 is 2.69 bits per heavy atom. The predicted molar refractivity (Wildman–Crippen MR) is 107 cm³/mol. The zero-order chi connectivity index (χ0) is 20.4. The molecule has 3 aromatic rings. The van der Waals surface area contributed by atoms with Crippen LogP contribution in [0.4, 0.5) is 9.18 Å². The van der Waals surface area contributed by atoms with Gasteiger partial charge in [-0.05, 0) is 31.0 Å². The molecule has 1 atom stereocenters. The molecule has 0 spiro atoms. The Kier molecular flexibility index (Phi) is 5.12. The van der Waals surface area contributed by atoms with E-state index in [9.17, 15) is 9.18 Å². The van der Waals surface area contributed by atoms with E-state index in [0.717, 1.165) is 23.3 Å². The lowest BCUT2D eigenvalue weighted by Gasteiger charge is -2.35. The number of nitrogens with zero attached hydrogens (tertiary/aromatic N) is 3. The molecule has 2 heterocycles. The van der Waals surface area contributed by atoms with Gasteiger partial charge < -0.3 is 9.84 Å². The fraction of sp³-hybridized carbons (Fsp3) is 0.227. The summed E-state index contributed by atoms with van der Waals surface area (Å²) in [6.07, 6.45) is 0.812. The van der Waals surface area contributed by atoms with Crippen LogP contribution in [0.1, 0.15) is 37.8 Å². The van der Waals surface area contributed by atoms with Crippen LogP contribution in [0.25, 0.3) is 17.0 Å². The van der Waals surface area contributed by atoms with Crippen LogP contribution < -0.4 is 5.32 Å². The Morgan fingerprint density at radius 1 is 1.17 bits per heavy atom. The van der Waals surface area contributed by atoms with E-state index in [1.54, 1.807) is 17.0 Å². The Hall–Kier alpha value is -3.48. The van der Waals surface area contributed by atoms with E-state index in [2.05, 4.69) is 15.5 Å². The SMILES string of the molecule is CCCN1C(=O)NC(c2ccccc2)C(c2nc(-c3cccc(F)c3)no2)=C1C. The molecule has 0 fully saturated rings. The molecule has 1 aromatic heterocycles. The highest BCUT2D eigenvalue weighted by molar-refractivity contribution is 5.86. The summed E-state index contributed by atoms with van der Waals surface area (Å²) >= 11 is 0. The summed E-state index contributed by atoms with van der Waals surface area (Å²) in [5.41, 5.74) is 2.94. The maximum atomic E-state index is 13.6. The molecule has 0 radical (unpaired) electrons. The van der Waals surface area contributed by atoms with Crippen LogP contribution in [0, 0.1) is 5.82 Å². The van der Waals surface area contributed by atoms with Crippen molar-refractivity contribution in [3.63, 3.8) is 0 Å². The smallest absolute Gasteiger partial charge is 0.322 e. The minimum atomic E-state index is -0.419. The lowest BCUT2D eigenvalue weighted by molar-refractivity contribution is 0.205.